The van der Waals surface area contributed by atoms with Gasteiger partial charge >= 0.3 is 5.97 Å². The number of methoxy groups -OCH3 is 1. The van der Waals surface area contributed by atoms with Gasteiger partial charge in [-0.05, 0) is 68.1 Å². The maximum Gasteiger partial charge on any atom is 0.306 e. The lowest BCUT2D eigenvalue weighted by Crippen LogP contribution is -2.12. The van der Waals surface area contributed by atoms with Crippen molar-refractivity contribution in [2.45, 2.75) is 64.3 Å². The van der Waals surface area contributed by atoms with E-state index < -0.39 is 0 Å². The molecule has 39 heavy (non-hydrogen) atoms. The minimum Gasteiger partial charge on any atom is -0.497 e. The summed E-state index contributed by atoms with van der Waals surface area (Å²) in [6.07, 6.45) is 8.28. The second kappa shape index (κ2) is 14.8. The zero-order valence-corrected chi connectivity index (χ0v) is 22.9. The molecule has 0 fully saturated rings. The average molecular weight is 527 g/mol. The number of esters is 1. The van der Waals surface area contributed by atoms with Crippen LogP contribution in [0.1, 0.15) is 68.3 Å². The normalized spacial score (nSPS) is 11.7. The Morgan fingerprint density at radius 3 is 2.49 bits per heavy atom. The molecular formula is C32H38N4O3. The van der Waals surface area contributed by atoms with Crippen LogP contribution in [0.3, 0.4) is 0 Å². The summed E-state index contributed by atoms with van der Waals surface area (Å²) in [5, 5.41) is 3.41. The SMILES string of the molecule is CCOC(=O)CC(CCCCCCc1cccc(NCc2ccc(OC)cc2)n1)c1cnc2ccccc2n1. The van der Waals surface area contributed by atoms with Crippen LogP contribution in [0.4, 0.5) is 5.82 Å². The Hall–Kier alpha value is -4.00. The molecule has 1 unspecified atom stereocenters. The molecule has 0 aliphatic carbocycles. The predicted molar refractivity (Wildman–Crippen MR) is 155 cm³/mol. The van der Waals surface area contributed by atoms with Gasteiger partial charge < -0.3 is 14.8 Å². The number of rotatable bonds is 15. The summed E-state index contributed by atoms with van der Waals surface area (Å²) in [6, 6.07) is 22.0. The van der Waals surface area contributed by atoms with Crippen molar-refractivity contribution in [1.29, 1.82) is 0 Å². The summed E-state index contributed by atoms with van der Waals surface area (Å²) in [5.41, 5.74) is 4.87. The lowest BCUT2D eigenvalue weighted by atomic mass is 9.94. The van der Waals surface area contributed by atoms with Gasteiger partial charge in [0.25, 0.3) is 0 Å². The summed E-state index contributed by atoms with van der Waals surface area (Å²) in [4.78, 5) is 26.4. The predicted octanol–water partition coefficient (Wildman–Crippen LogP) is 6.88. The largest absolute Gasteiger partial charge is 0.497 e. The van der Waals surface area contributed by atoms with E-state index in [1.807, 2.05) is 55.6 Å². The third-order valence-electron chi connectivity index (χ3n) is 6.78. The smallest absolute Gasteiger partial charge is 0.306 e. The number of aromatic nitrogens is 3. The van der Waals surface area contributed by atoms with E-state index >= 15 is 0 Å². The number of carbonyl (C=O) groups excluding carboxylic acids is 1. The third kappa shape index (κ3) is 8.77. The zero-order valence-electron chi connectivity index (χ0n) is 22.9. The van der Waals surface area contributed by atoms with Crippen LogP contribution < -0.4 is 10.1 Å². The quantitative estimate of drug-likeness (QED) is 0.133. The van der Waals surface area contributed by atoms with Crippen molar-refractivity contribution >= 4 is 22.8 Å². The molecule has 0 aliphatic rings. The van der Waals surface area contributed by atoms with Gasteiger partial charge in [0, 0.05) is 24.4 Å². The summed E-state index contributed by atoms with van der Waals surface area (Å²) >= 11 is 0. The van der Waals surface area contributed by atoms with Gasteiger partial charge in [-0.3, -0.25) is 9.78 Å². The molecule has 0 saturated heterocycles. The van der Waals surface area contributed by atoms with Gasteiger partial charge in [-0.2, -0.15) is 0 Å². The first kappa shape index (κ1) is 28.0. The van der Waals surface area contributed by atoms with Crippen molar-refractivity contribution in [2.75, 3.05) is 19.0 Å². The topological polar surface area (TPSA) is 86.2 Å². The highest BCUT2D eigenvalue weighted by molar-refractivity contribution is 5.74. The van der Waals surface area contributed by atoms with Crippen LogP contribution in [0.15, 0.2) is 72.9 Å². The monoisotopic (exact) mass is 526 g/mol. The summed E-state index contributed by atoms with van der Waals surface area (Å²) < 4.78 is 10.5. The van der Waals surface area contributed by atoms with Crippen molar-refractivity contribution in [2.24, 2.45) is 0 Å². The zero-order chi connectivity index (χ0) is 27.3. The molecule has 0 amide bonds. The second-order valence-corrected chi connectivity index (χ2v) is 9.66. The van der Waals surface area contributed by atoms with Gasteiger partial charge in [0.05, 0.1) is 36.9 Å². The van der Waals surface area contributed by atoms with Gasteiger partial charge in [-0.15, -0.1) is 0 Å². The average Bonchev–Trinajstić information content (AvgIpc) is 2.97. The fourth-order valence-electron chi connectivity index (χ4n) is 4.65. The standard InChI is InChI=1S/C32H38N4O3/c1-3-39-32(37)21-25(30-23-33-28-14-8-9-15-29(28)36-30)11-6-4-5-7-12-26-13-10-16-31(35-26)34-22-24-17-19-27(38-2)20-18-24/h8-10,13-20,23,25H,3-7,11-12,21-22H2,1-2H3,(H,34,35). The number of benzene rings is 2. The Bertz CT molecular complexity index is 1330. The van der Waals surface area contributed by atoms with Crippen LogP contribution >= 0.6 is 0 Å². The Kier molecular flexibility index (Phi) is 10.6. The number of ether oxygens (including phenoxy) is 2. The molecule has 0 bridgehead atoms. The van der Waals surface area contributed by atoms with Crippen molar-refractivity contribution in [3.05, 3.63) is 89.9 Å². The maximum atomic E-state index is 12.3. The molecule has 1 atom stereocenters. The number of unbranched alkanes of at least 4 members (excludes halogenated alkanes) is 3. The molecule has 4 aromatic rings. The van der Waals surface area contributed by atoms with Crippen LogP contribution in [-0.2, 0) is 22.5 Å². The van der Waals surface area contributed by atoms with E-state index in [4.69, 9.17) is 19.4 Å². The van der Waals surface area contributed by atoms with Gasteiger partial charge in [0.2, 0.25) is 0 Å². The highest BCUT2D eigenvalue weighted by atomic mass is 16.5. The number of nitrogens with zero attached hydrogens (tertiary/aromatic N) is 3. The Morgan fingerprint density at radius 2 is 1.69 bits per heavy atom. The first-order valence-corrected chi connectivity index (χ1v) is 13.8. The molecule has 0 saturated carbocycles. The Balaban J connectivity index is 1.22. The van der Waals surface area contributed by atoms with Crippen LogP contribution in [0.2, 0.25) is 0 Å². The molecule has 2 heterocycles. The molecule has 0 radical (unpaired) electrons. The number of fused-ring (bicyclic) bond motifs is 1. The first-order chi connectivity index (χ1) is 19.1. The number of para-hydroxylation sites is 2. The Labute approximate surface area is 231 Å². The number of hydrogen-bond acceptors (Lipinski definition) is 7. The van der Waals surface area contributed by atoms with E-state index in [-0.39, 0.29) is 11.9 Å². The molecule has 4 rings (SSSR count). The van der Waals surface area contributed by atoms with Gasteiger partial charge in [-0.1, -0.05) is 49.6 Å². The second-order valence-electron chi connectivity index (χ2n) is 9.66. The molecule has 1 N–H and O–H groups in total. The Morgan fingerprint density at radius 1 is 0.897 bits per heavy atom. The summed E-state index contributed by atoms with van der Waals surface area (Å²) in [7, 11) is 1.67. The number of nitrogens with one attached hydrogen (secondary N) is 1. The van der Waals surface area contributed by atoms with Crippen molar-refractivity contribution in [3.63, 3.8) is 0 Å². The molecule has 2 aromatic heterocycles. The molecule has 7 heteroatoms. The van der Waals surface area contributed by atoms with Crippen molar-refractivity contribution in [3.8, 4) is 5.75 Å². The molecule has 204 valence electrons. The van der Waals surface area contributed by atoms with E-state index in [0.717, 1.165) is 79.1 Å². The minimum atomic E-state index is -0.177. The summed E-state index contributed by atoms with van der Waals surface area (Å²) in [6.45, 7) is 2.94. The number of carbonyl (C=O) groups is 1. The molecular weight excluding hydrogens is 488 g/mol. The van der Waals surface area contributed by atoms with E-state index in [1.54, 1.807) is 7.11 Å². The van der Waals surface area contributed by atoms with Gasteiger partial charge in [0.15, 0.2) is 0 Å². The fraction of sp³-hybridized carbons (Fsp3) is 0.375. The molecule has 2 aromatic carbocycles. The first-order valence-electron chi connectivity index (χ1n) is 13.8. The maximum absolute atomic E-state index is 12.3. The van der Waals surface area contributed by atoms with Gasteiger partial charge in [-0.25, -0.2) is 9.97 Å². The van der Waals surface area contributed by atoms with E-state index in [2.05, 4.69) is 34.6 Å². The van der Waals surface area contributed by atoms with Crippen LogP contribution in [0.5, 0.6) is 5.75 Å². The van der Waals surface area contributed by atoms with Crippen molar-refractivity contribution in [1.82, 2.24) is 15.0 Å². The van der Waals surface area contributed by atoms with Crippen molar-refractivity contribution < 1.29 is 14.3 Å². The number of anilines is 1. The van der Waals surface area contributed by atoms with E-state index in [1.165, 1.54) is 5.56 Å². The number of aryl methyl sites for hydroxylation is 1. The summed E-state index contributed by atoms with van der Waals surface area (Å²) in [5.74, 6) is 1.58. The lowest BCUT2D eigenvalue weighted by Gasteiger charge is -2.16. The van der Waals surface area contributed by atoms with E-state index in [0.29, 0.717) is 13.0 Å². The highest BCUT2D eigenvalue weighted by Gasteiger charge is 2.19. The van der Waals surface area contributed by atoms with Crippen LogP contribution in [0.25, 0.3) is 11.0 Å². The van der Waals surface area contributed by atoms with Crippen LogP contribution in [0, 0.1) is 0 Å². The lowest BCUT2D eigenvalue weighted by molar-refractivity contribution is -0.143. The molecule has 0 spiro atoms. The van der Waals surface area contributed by atoms with Gasteiger partial charge in [0.1, 0.15) is 11.6 Å². The number of pyridine rings is 1. The number of hydrogen-bond donors (Lipinski definition) is 1. The minimum absolute atomic E-state index is 0.0104. The fourth-order valence-corrected chi connectivity index (χ4v) is 4.65. The van der Waals surface area contributed by atoms with E-state index in [9.17, 15) is 4.79 Å². The molecule has 7 nitrogen and oxygen atoms in total. The van der Waals surface area contributed by atoms with Crippen LogP contribution in [-0.4, -0.2) is 34.6 Å². The highest BCUT2D eigenvalue weighted by Crippen LogP contribution is 2.26. The molecule has 0 aliphatic heterocycles. The third-order valence-corrected chi connectivity index (χ3v) is 6.78.